The molecule has 0 atom stereocenters. The van der Waals surface area contributed by atoms with Crippen molar-refractivity contribution >= 4 is 43.5 Å². The maximum absolute atomic E-state index is 12.8. The van der Waals surface area contributed by atoms with E-state index >= 15 is 0 Å². The number of rotatable bonds is 3. The molecule has 0 fully saturated rings. The molecule has 132 valence electrons. The van der Waals surface area contributed by atoms with Gasteiger partial charge in [-0.1, -0.05) is 68.3 Å². The first-order valence-electron chi connectivity index (χ1n) is 7.74. The molecule has 0 heterocycles. The normalized spacial score (nSPS) is 12.3. The van der Waals surface area contributed by atoms with E-state index in [1.807, 2.05) is 54.6 Å². The molecule has 5 heteroatoms. The summed E-state index contributed by atoms with van der Waals surface area (Å²) >= 11 is 6.81. The third-order valence-electron chi connectivity index (χ3n) is 3.86. The van der Waals surface area contributed by atoms with Gasteiger partial charge in [-0.05, 0) is 64.7 Å². The minimum absolute atomic E-state index is 0.653. The van der Waals surface area contributed by atoms with Crippen LogP contribution in [0.2, 0.25) is 0 Å². The molecular formula is C21H13Br2F3. The van der Waals surface area contributed by atoms with Gasteiger partial charge in [-0.25, -0.2) is 0 Å². The number of benzene rings is 3. The summed E-state index contributed by atoms with van der Waals surface area (Å²) < 4.78 is 40.5. The molecular weight excluding hydrogens is 469 g/mol. The second kappa shape index (κ2) is 7.80. The molecule has 0 saturated carbocycles. The zero-order chi connectivity index (χ0) is 18.7. The van der Waals surface area contributed by atoms with E-state index in [4.69, 9.17) is 0 Å². The minimum atomic E-state index is -4.34. The van der Waals surface area contributed by atoms with Gasteiger partial charge in [-0.2, -0.15) is 13.2 Å². The Morgan fingerprint density at radius 1 is 0.654 bits per heavy atom. The maximum Gasteiger partial charge on any atom is 0.416 e. The highest BCUT2D eigenvalue weighted by Gasteiger charge is 2.30. The Balaban J connectivity index is 2.08. The predicted octanol–water partition coefficient (Wildman–Crippen LogP) is 7.82. The number of hydrogen-bond acceptors (Lipinski definition) is 0. The van der Waals surface area contributed by atoms with Crippen LogP contribution >= 0.6 is 31.9 Å². The molecule has 0 bridgehead atoms. The second-order valence-electron chi connectivity index (χ2n) is 5.69. The van der Waals surface area contributed by atoms with Gasteiger partial charge in [0.2, 0.25) is 0 Å². The van der Waals surface area contributed by atoms with Gasteiger partial charge in [-0.15, -0.1) is 0 Å². The molecule has 26 heavy (non-hydrogen) atoms. The van der Waals surface area contributed by atoms with Gasteiger partial charge >= 0.3 is 6.18 Å². The molecule has 0 radical (unpaired) electrons. The van der Waals surface area contributed by atoms with Crippen LogP contribution in [0, 0.1) is 0 Å². The van der Waals surface area contributed by atoms with Crippen molar-refractivity contribution in [1.82, 2.24) is 0 Å². The molecule has 0 aliphatic heterocycles. The molecule has 0 aliphatic rings. The molecule has 3 rings (SSSR count). The lowest BCUT2D eigenvalue weighted by atomic mass is 9.95. The first-order chi connectivity index (χ1) is 12.3. The Labute approximate surface area is 166 Å². The van der Waals surface area contributed by atoms with Gasteiger partial charge in [-0.3, -0.25) is 0 Å². The van der Waals surface area contributed by atoms with Gasteiger partial charge in [0.25, 0.3) is 0 Å². The summed E-state index contributed by atoms with van der Waals surface area (Å²) in [4.78, 5) is 0. The van der Waals surface area contributed by atoms with Crippen LogP contribution in [0.25, 0.3) is 11.6 Å². The molecule has 0 aromatic heterocycles. The Morgan fingerprint density at radius 2 is 1.08 bits per heavy atom. The van der Waals surface area contributed by atoms with Crippen molar-refractivity contribution in [3.63, 3.8) is 0 Å². The van der Waals surface area contributed by atoms with Crippen molar-refractivity contribution in [2.24, 2.45) is 0 Å². The van der Waals surface area contributed by atoms with E-state index in [0.29, 0.717) is 0 Å². The third kappa shape index (κ3) is 4.65. The van der Waals surface area contributed by atoms with Gasteiger partial charge < -0.3 is 0 Å². The van der Waals surface area contributed by atoms with Gasteiger partial charge in [0, 0.05) is 8.95 Å². The van der Waals surface area contributed by atoms with Crippen LogP contribution < -0.4 is 0 Å². The summed E-state index contributed by atoms with van der Waals surface area (Å²) in [6, 6.07) is 20.7. The van der Waals surface area contributed by atoms with E-state index in [9.17, 15) is 13.2 Å². The first-order valence-corrected chi connectivity index (χ1v) is 9.32. The highest BCUT2D eigenvalue weighted by Crippen LogP contribution is 2.32. The molecule has 0 unspecified atom stereocenters. The molecule has 0 saturated heterocycles. The molecule has 0 N–H and O–H groups in total. The average Bonchev–Trinajstić information content (AvgIpc) is 2.62. The van der Waals surface area contributed by atoms with Crippen molar-refractivity contribution in [3.8, 4) is 0 Å². The van der Waals surface area contributed by atoms with Gasteiger partial charge in [0.05, 0.1) is 5.56 Å². The Bertz CT molecular complexity index is 907. The van der Waals surface area contributed by atoms with Crippen LogP contribution in [0.4, 0.5) is 13.2 Å². The summed E-state index contributed by atoms with van der Waals surface area (Å²) in [6.07, 6.45) is -2.37. The van der Waals surface area contributed by atoms with E-state index in [-0.39, 0.29) is 0 Å². The van der Waals surface area contributed by atoms with E-state index < -0.39 is 11.7 Å². The molecule has 0 nitrogen and oxygen atoms in total. The molecule has 3 aromatic rings. The third-order valence-corrected chi connectivity index (χ3v) is 4.92. The Kier molecular flexibility index (Phi) is 5.68. The number of halogens is 5. The van der Waals surface area contributed by atoms with Crippen molar-refractivity contribution in [2.45, 2.75) is 6.18 Å². The van der Waals surface area contributed by atoms with Crippen LogP contribution in [0.3, 0.4) is 0 Å². The number of hydrogen-bond donors (Lipinski definition) is 0. The lowest BCUT2D eigenvalue weighted by molar-refractivity contribution is -0.137. The van der Waals surface area contributed by atoms with Crippen LogP contribution in [0.15, 0.2) is 81.7 Å². The van der Waals surface area contributed by atoms with E-state index in [1.165, 1.54) is 12.1 Å². The van der Waals surface area contributed by atoms with Crippen LogP contribution in [0.1, 0.15) is 22.3 Å². The lowest BCUT2D eigenvalue weighted by Gasteiger charge is -2.12. The highest BCUT2D eigenvalue weighted by atomic mass is 79.9. The van der Waals surface area contributed by atoms with E-state index in [0.717, 1.165) is 43.3 Å². The fourth-order valence-corrected chi connectivity index (χ4v) is 3.06. The SMILES string of the molecule is FC(F)(F)c1ccc(C(=Cc2ccc(Br)cc2)c2ccc(Br)cc2)cc1. The van der Waals surface area contributed by atoms with Crippen molar-refractivity contribution in [1.29, 1.82) is 0 Å². The van der Waals surface area contributed by atoms with Crippen LogP contribution in [-0.4, -0.2) is 0 Å². The summed E-state index contributed by atoms with van der Waals surface area (Å²) in [7, 11) is 0. The molecule has 0 spiro atoms. The Morgan fingerprint density at radius 3 is 1.54 bits per heavy atom. The largest absolute Gasteiger partial charge is 0.416 e. The minimum Gasteiger partial charge on any atom is -0.166 e. The molecule has 3 aromatic carbocycles. The topological polar surface area (TPSA) is 0 Å². The molecule has 0 amide bonds. The van der Waals surface area contributed by atoms with E-state index in [2.05, 4.69) is 31.9 Å². The monoisotopic (exact) mass is 480 g/mol. The lowest BCUT2D eigenvalue weighted by Crippen LogP contribution is -2.04. The predicted molar refractivity (Wildman–Crippen MR) is 107 cm³/mol. The Hall–Kier alpha value is -1.85. The maximum atomic E-state index is 12.8. The standard InChI is InChI=1S/C21H13Br2F3/c22-18-9-1-14(2-10-18)13-20(16-5-11-19(23)12-6-16)15-3-7-17(8-4-15)21(24,25)26/h1-13H. The summed E-state index contributed by atoms with van der Waals surface area (Å²) in [5, 5.41) is 0. The van der Waals surface area contributed by atoms with Crippen LogP contribution in [0.5, 0.6) is 0 Å². The van der Waals surface area contributed by atoms with Crippen molar-refractivity contribution in [2.75, 3.05) is 0 Å². The van der Waals surface area contributed by atoms with E-state index in [1.54, 1.807) is 0 Å². The van der Waals surface area contributed by atoms with Gasteiger partial charge in [0.15, 0.2) is 0 Å². The zero-order valence-electron chi connectivity index (χ0n) is 13.4. The van der Waals surface area contributed by atoms with Crippen molar-refractivity contribution < 1.29 is 13.2 Å². The summed E-state index contributed by atoms with van der Waals surface area (Å²) in [5.41, 5.74) is 2.82. The molecule has 0 aliphatic carbocycles. The smallest absolute Gasteiger partial charge is 0.166 e. The first kappa shape index (κ1) is 18.9. The van der Waals surface area contributed by atoms with Crippen molar-refractivity contribution in [3.05, 3.63) is 104 Å². The quantitative estimate of drug-likeness (QED) is 0.334. The fraction of sp³-hybridized carbons (Fsp3) is 0.0476. The average molecular weight is 482 g/mol. The highest BCUT2D eigenvalue weighted by molar-refractivity contribution is 9.10. The summed E-state index contributed by atoms with van der Waals surface area (Å²) in [5.74, 6) is 0. The fourth-order valence-electron chi connectivity index (χ4n) is 2.53. The van der Waals surface area contributed by atoms with Gasteiger partial charge in [0.1, 0.15) is 0 Å². The number of alkyl halides is 3. The zero-order valence-corrected chi connectivity index (χ0v) is 16.6. The summed E-state index contributed by atoms with van der Waals surface area (Å²) in [6.45, 7) is 0. The van der Waals surface area contributed by atoms with Crippen LogP contribution in [-0.2, 0) is 6.18 Å². The second-order valence-corrected chi connectivity index (χ2v) is 7.52.